The maximum atomic E-state index is 13.7. The van der Waals surface area contributed by atoms with E-state index in [2.05, 4.69) is 10.3 Å². The van der Waals surface area contributed by atoms with E-state index in [1.165, 1.54) is 0 Å². The molecule has 96 valence electrons. The summed E-state index contributed by atoms with van der Waals surface area (Å²) in [4.78, 5) is 0. The summed E-state index contributed by atoms with van der Waals surface area (Å²) in [5, 5.41) is 15.7. The second-order valence-corrected chi connectivity index (χ2v) is 3.41. The molecule has 2 rings (SSSR count). The van der Waals surface area contributed by atoms with E-state index in [1.54, 1.807) is 0 Å². The molecule has 0 saturated carbocycles. The molecule has 2 aromatic rings. The van der Waals surface area contributed by atoms with Crippen molar-refractivity contribution in [3.8, 4) is 5.69 Å². The first-order chi connectivity index (χ1) is 8.54. The van der Waals surface area contributed by atoms with E-state index in [4.69, 9.17) is 5.11 Å². The first kappa shape index (κ1) is 12.5. The molecule has 0 unspecified atom stereocenters. The average molecular weight is 261 g/mol. The average Bonchev–Trinajstić information content (AvgIpc) is 2.77. The third-order valence-electron chi connectivity index (χ3n) is 2.27. The molecule has 1 aromatic carbocycles. The summed E-state index contributed by atoms with van der Waals surface area (Å²) in [6.07, 6.45) is -2.11. The van der Waals surface area contributed by atoms with Gasteiger partial charge in [-0.2, -0.15) is 0 Å². The molecule has 0 amide bonds. The quantitative estimate of drug-likeness (QED) is 0.859. The molecular formula is C10H7F4N3O. The molecule has 18 heavy (non-hydrogen) atoms. The van der Waals surface area contributed by atoms with Gasteiger partial charge in [0.2, 0.25) is 0 Å². The minimum atomic E-state index is -3.27. The fraction of sp³-hybridized carbons (Fsp3) is 0.200. The molecule has 0 radical (unpaired) electrons. The van der Waals surface area contributed by atoms with Crippen LogP contribution in [0, 0.1) is 11.6 Å². The standard InChI is InChI=1S/C10H7F4N3O/c11-6-1-2-7(9(12)8(6)10(13)14)17-3-5(4-18)15-16-17/h1-3,10,18H,4H2. The van der Waals surface area contributed by atoms with E-state index < -0.39 is 30.2 Å². The Morgan fingerprint density at radius 2 is 2.00 bits per heavy atom. The van der Waals surface area contributed by atoms with Crippen molar-refractivity contribution in [2.24, 2.45) is 0 Å². The molecule has 1 N–H and O–H groups in total. The highest BCUT2D eigenvalue weighted by molar-refractivity contribution is 5.38. The van der Waals surface area contributed by atoms with Gasteiger partial charge < -0.3 is 5.11 Å². The van der Waals surface area contributed by atoms with Crippen molar-refractivity contribution in [3.63, 3.8) is 0 Å². The Kier molecular flexibility index (Phi) is 3.28. The van der Waals surface area contributed by atoms with Crippen LogP contribution in [0.2, 0.25) is 0 Å². The maximum Gasteiger partial charge on any atom is 0.269 e. The minimum absolute atomic E-state index is 0.136. The van der Waals surface area contributed by atoms with Crippen molar-refractivity contribution in [2.45, 2.75) is 13.0 Å². The lowest BCUT2D eigenvalue weighted by molar-refractivity contribution is 0.141. The van der Waals surface area contributed by atoms with Crippen LogP contribution in [0.1, 0.15) is 17.7 Å². The Morgan fingerprint density at radius 1 is 1.28 bits per heavy atom. The number of benzene rings is 1. The Bertz CT molecular complexity index is 570. The first-order valence-electron chi connectivity index (χ1n) is 4.83. The first-order valence-corrected chi connectivity index (χ1v) is 4.83. The molecule has 0 saturated heterocycles. The molecule has 4 nitrogen and oxygen atoms in total. The number of alkyl halides is 2. The van der Waals surface area contributed by atoms with E-state index in [-0.39, 0.29) is 11.4 Å². The largest absolute Gasteiger partial charge is 0.390 e. The van der Waals surface area contributed by atoms with E-state index in [0.29, 0.717) is 0 Å². The lowest BCUT2D eigenvalue weighted by atomic mass is 10.1. The molecule has 8 heteroatoms. The highest BCUT2D eigenvalue weighted by Gasteiger charge is 2.23. The van der Waals surface area contributed by atoms with Gasteiger partial charge in [-0.15, -0.1) is 5.10 Å². The van der Waals surface area contributed by atoms with E-state index in [1.807, 2.05) is 0 Å². The Labute approximate surface area is 98.5 Å². The smallest absolute Gasteiger partial charge is 0.269 e. The summed E-state index contributed by atoms with van der Waals surface area (Å²) in [6, 6.07) is 1.69. The predicted molar refractivity (Wildman–Crippen MR) is 52.2 cm³/mol. The van der Waals surface area contributed by atoms with Gasteiger partial charge in [-0.3, -0.25) is 0 Å². The van der Waals surface area contributed by atoms with Crippen LogP contribution in [0.3, 0.4) is 0 Å². The van der Waals surface area contributed by atoms with Gasteiger partial charge in [0.1, 0.15) is 17.2 Å². The van der Waals surface area contributed by atoms with Crippen molar-refractivity contribution in [1.82, 2.24) is 15.0 Å². The van der Waals surface area contributed by atoms with Crippen molar-refractivity contribution in [3.05, 3.63) is 41.2 Å². The summed E-state index contributed by atoms with van der Waals surface area (Å²) >= 11 is 0. The van der Waals surface area contributed by atoms with Gasteiger partial charge >= 0.3 is 0 Å². The van der Waals surface area contributed by atoms with Gasteiger partial charge in [0, 0.05) is 0 Å². The SMILES string of the molecule is OCc1cn(-c2ccc(F)c(C(F)F)c2F)nn1. The van der Waals surface area contributed by atoms with E-state index in [0.717, 1.165) is 23.0 Å². The minimum Gasteiger partial charge on any atom is -0.390 e. The van der Waals surface area contributed by atoms with Crippen LogP contribution in [0.5, 0.6) is 0 Å². The van der Waals surface area contributed by atoms with Crippen LogP contribution in [0.25, 0.3) is 5.69 Å². The summed E-state index contributed by atoms with van der Waals surface area (Å²) in [6.45, 7) is -0.426. The fourth-order valence-electron chi connectivity index (χ4n) is 1.42. The third-order valence-corrected chi connectivity index (χ3v) is 2.27. The zero-order valence-corrected chi connectivity index (χ0v) is 8.82. The number of rotatable bonds is 3. The predicted octanol–water partition coefficient (Wildman–Crippen LogP) is 1.98. The third kappa shape index (κ3) is 2.06. The van der Waals surface area contributed by atoms with Gasteiger partial charge in [-0.25, -0.2) is 22.2 Å². The number of aliphatic hydroxyl groups excluding tert-OH is 1. The Morgan fingerprint density at radius 3 is 2.56 bits per heavy atom. The Hall–Kier alpha value is -1.96. The van der Waals surface area contributed by atoms with Crippen LogP contribution in [0.4, 0.5) is 17.6 Å². The molecule has 0 aliphatic heterocycles. The summed E-state index contributed by atoms with van der Waals surface area (Å²) in [7, 11) is 0. The van der Waals surface area contributed by atoms with E-state index >= 15 is 0 Å². The molecule has 1 heterocycles. The van der Waals surface area contributed by atoms with Crippen LogP contribution in [-0.2, 0) is 6.61 Å². The highest BCUT2D eigenvalue weighted by atomic mass is 19.3. The maximum absolute atomic E-state index is 13.7. The van der Waals surface area contributed by atoms with Crippen LogP contribution in [-0.4, -0.2) is 20.1 Å². The molecule has 0 aliphatic carbocycles. The summed E-state index contributed by atoms with van der Waals surface area (Å²) in [5.41, 5.74) is -1.54. The van der Waals surface area contributed by atoms with Crippen molar-refractivity contribution < 1.29 is 22.7 Å². The van der Waals surface area contributed by atoms with Gasteiger partial charge in [-0.1, -0.05) is 5.21 Å². The van der Waals surface area contributed by atoms with Gasteiger partial charge in [0.25, 0.3) is 6.43 Å². The molecular weight excluding hydrogens is 254 g/mol. The van der Waals surface area contributed by atoms with E-state index in [9.17, 15) is 17.6 Å². The van der Waals surface area contributed by atoms with Gasteiger partial charge in [-0.05, 0) is 12.1 Å². The zero-order valence-electron chi connectivity index (χ0n) is 8.82. The molecule has 0 atom stereocenters. The molecule has 0 fully saturated rings. The van der Waals surface area contributed by atoms with Gasteiger partial charge in [0.05, 0.1) is 18.4 Å². The zero-order chi connectivity index (χ0) is 13.3. The lowest BCUT2D eigenvalue weighted by Gasteiger charge is -2.08. The fourth-order valence-corrected chi connectivity index (χ4v) is 1.42. The van der Waals surface area contributed by atoms with Crippen LogP contribution in [0.15, 0.2) is 18.3 Å². The summed E-state index contributed by atoms with van der Waals surface area (Å²) < 4.78 is 52.6. The molecule has 0 bridgehead atoms. The lowest BCUT2D eigenvalue weighted by Crippen LogP contribution is -2.05. The monoisotopic (exact) mass is 261 g/mol. The number of hydrogen-bond acceptors (Lipinski definition) is 3. The number of nitrogens with zero attached hydrogens (tertiary/aromatic N) is 3. The molecule has 1 aromatic heterocycles. The molecule has 0 spiro atoms. The summed E-state index contributed by atoms with van der Waals surface area (Å²) in [5.74, 6) is -2.73. The second-order valence-electron chi connectivity index (χ2n) is 3.41. The van der Waals surface area contributed by atoms with Crippen LogP contribution >= 0.6 is 0 Å². The number of hydrogen-bond donors (Lipinski definition) is 1. The number of aliphatic hydroxyl groups is 1. The van der Waals surface area contributed by atoms with Crippen molar-refractivity contribution in [2.75, 3.05) is 0 Å². The highest BCUT2D eigenvalue weighted by Crippen LogP contribution is 2.28. The Balaban J connectivity index is 2.55. The van der Waals surface area contributed by atoms with Crippen LogP contribution < -0.4 is 0 Å². The molecule has 0 aliphatic rings. The van der Waals surface area contributed by atoms with Gasteiger partial charge in [0.15, 0.2) is 5.82 Å². The number of aromatic nitrogens is 3. The number of halogens is 4. The van der Waals surface area contributed by atoms with Crippen molar-refractivity contribution in [1.29, 1.82) is 0 Å². The topological polar surface area (TPSA) is 50.9 Å². The normalized spacial score (nSPS) is 11.2. The second kappa shape index (κ2) is 4.73. The van der Waals surface area contributed by atoms with Crippen molar-refractivity contribution >= 4 is 0 Å².